The van der Waals surface area contributed by atoms with E-state index in [0.29, 0.717) is 12.4 Å². The van der Waals surface area contributed by atoms with E-state index in [2.05, 4.69) is 9.97 Å². The van der Waals surface area contributed by atoms with Gasteiger partial charge in [-0.05, 0) is 13.5 Å². The second-order valence-corrected chi connectivity index (χ2v) is 2.35. The lowest BCUT2D eigenvalue weighted by molar-refractivity contribution is 0.394. The van der Waals surface area contributed by atoms with Gasteiger partial charge in [-0.25, -0.2) is 0 Å². The highest BCUT2D eigenvalue weighted by molar-refractivity contribution is 5.20. The molecule has 0 saturated heterocycles. The number of imidazole rings is 1. The van der Waals surface area contributed by atoms with Crippen molar-refractivity contribution in [3.63, 3.8) is 0 Å². The van der Waals surface area contributed by atoms with Crippen molar-refractivity contribution in [2.24, 2.45) is 5.73 Å². The zero-order valence-corrected chi connectivity index (χ0v) is 6.85. The van der Waals surface area contributed by atoms with E-state index in [1.807, 2.05) is 6.92 Å². The van der Waals surface area contributed by atoms with E-state index >= 15 is 0 Å². The minimum absolute atomic E-state index is 0.609. The Morgan fingerprint density at radius 2 is 2.36 bits per heavy atom. The standard InChI is InChI=1S/C7H13N3O/c1-5-9-6(3-4-8)7(10-5)11-2/h3-4,8H2,1-2H3,(H,9,10). The molecule has 0 atom stereocenters. The number of hydrogen-bond acceptors (Lipinski definition) is 3. The van der Waals surface area contributed by atoms with Crippen molar-refractivity contribution in [3.05, 3.63) is 11.5 Å². The van der Waals surface area contributed by atoms with Crippen molar-refractivity contribution in [2.45, 2.75) is 13.3 Å². The lowest BCUT2D eigenvalue weighted by Gasteiger charge is -1.96. The monoisotopic (exact) mass is 155 g/mol. The maximum absolute atomic E-state index is 5.39. The molecule has 0 aromatic carbocycles. The van der Waals surface area contributed by atoms with Crippen molar-refractivity contribution >= 4 is 0 Å². The fraction of sp³-hybridized carbons (Fsp3) is 0.571. The molecule has 1 aromatic rings. The quantitative estimate of drug-likeness (QED) is 0.656. The fourth-order valence-electron chi connectivity index (χ4n) is 1.00. The van der Waals surface area contributed by atoms with E-state index < -0.39 is 0 Å². The van der Waals surface area contributed by atoms with Crippen molar-refractivity contribution in [2.75, 3.05) is 13.7 Å². The first-order valence-electron chi connectivity index (χ1n) is 3.57. The zero-order chi connectivity index (χ0) is 8.27. The van der Waals surface area contributed by atoms with E-state index in [-0.39, 0.29) is 0 Å². The predicted octanol–water partition coefficient (Wildman–Crippen LogP) is 0.228. The molecule has 1 rings (SSSR count). The minimum Gasteiger partial charge on any atom is -0.480 e. The Balaban J connectivity index is 2.83. The highest BCUT2D eigenvalue weighted by Gasteiger charge is 2.05. The van der Waals surface area contributed by atoms with Gasteiger partial charge in [0.2, 0.25) is 5.88 Å². The van der Waals surface area contributed by atoms with Crippen LogP contribution in [0, 0.1) is 6.92 Å². The molecule has 11 heavy (non-hydrogen) atoms. The molecule has 0 fully saturated rings. The Bertz CT molecular complexity index is 232. The third-order valence-electron chi connectivity index (χ3n) is 1.45. The molecule has 0 spiro atoms. The van der Waals surface area contributed by atoms with Crippen LogP contribution in [0.1, 0.15) is 11.5 Å². The molecule has 0 aliphatic carbocycles. The van der Waals surface area contributed by atoms with Gasteiger partial charge < -0.3 is 15.5 Å². The summed E-state index contributed by atoms with van der Waals surface area (Å²) in [4.78, 5) is 7.19. The van der Waals surface area contributed by atoms with E-state index in [0.717, 1.165) is 17.9 Å². The summed E-state index contributed by atoms with van der Waals surface area (Å²) in [5, 5.41) is 0. The molecule has 4 heteroatoms. The third-order valence-corrected chi connectivity index (χ3v) is 1.45. The molecule has 4 nitrogen and oxygen atoms in total. The Labute approximate surface area is 65.8 Å². The van der Waals surface area contributed by atoms with Crippen LogP contribution in [0.5, 0.6) is 5.88 Å². The first-order chi connectivity index (χ1) is 5.27. The first-order valence-corrected chi connectivity index (χ1v) is 3.57. The van der Waals surface area contributed by atoms with Gasteiger partial charge in [0.25, 0.3) is 0 Å². The normalized spacial score (nSPS) is 10.1. The lowest BCUT2D eigenvalue weighted by Crippen LogP contribution is -2.04. The Hall–Kier alpha value is -1.03. The SMILES string of the molecule is COc1nc(C)[nH]c1CCN. The number of hydrogen-bond donors (Lipinski definition) is 2. The van der Waals surface area contributed by atoms with E-state index in [1.54, 1.807) is 7.11 Å². The Morgan fingerprint density at radius 3 is 2.91 bits per heavy atom. The molecule has 0 unspecified atom stereocenters. The van der Waals surface area contributed by atoms with E-state index in [4.69, 9.17) is 10.5 Å². The Morgan fingerprint density at radius 1 is 1.64 bits per heavy atom. The van der Waals surface area contributed by atoms with Gasteiger partial charge >= 0.3 is 0 Å². The first kappa shape index (κ1) is 8.07. The van der Waals surface area contributed by atoms with Gasteiger partial charge in [-0.2, -0.15) is 4.98 Å². The molecule has 1 aromatic heterocycles. The van der Waals surface area contributed by atoms with Gasteiger partial charge in [-0.3, -0.25) is 0 Å². The van der Waals surface area contributed by atoms with Gasteiger partial charge in [0, 0.05) is 6.42 Å². The van der Waals surface area contributed by atoms with Crippen LogP contribution in [0.2, 0.25) is 0 Å². The largest absolute Gasteiger partial charge is 0.480 e. The third kappa shape index (κ3) is 1.71. The molecule has 0 radical (unpaired) electrons. The van der Waals surface area contributed by atoms with Gasteiger partial charge in [0.05, 0.1) is 12.8 Å². The molecule has 0 bridgehead atoms. The summed E-state index contributed by atoms with van der Waals surface area (Å²) in [6.07, 6.45) is 0.782. The Kier molecular flexibility index (Phi) is 2.48. The molecular formula is C7H13N3O. The molecule has 3 N–H and O–H groups in total. The summed E-state index contributed by atoms with van der Waals surface area (Å²) in [5.41, 5.74) is 6.37. The van der Waals surface area contributed by atoms with Gasteiger partial charge in [0.15, 0.2) is 0 Å². The molecule has 0 saturated carbocycles. The summed E-state index contributed by atoms with van der Waals surface area (Å²) in [6.45, 7) is 2.50. The highest BCUT2D eigenvalue weighted by atomic mass is 16.5. The van der Waals surface area contributed by atoms with E-state index in [9.17, 15) is 0 Å². The van der Waals surface area contributed by atoms with Crippen LogP contribution in [-0.2, 0) is 6.42 Å². The summed E-state index contributed by atoms with van der Waals surface area (Å²) >= 11 is 0. The average Bonchev–Trinajstić information content (AvgIpc) is 2.32. The summed E-state index contributed by atoms with van der Waals surface area (Å²) in [5.74, 6) is 1.53. The number of H-pyrrole nitrogens is 1. The van der Waals surface area contributed by atoms with Crippen molar-refractivity contribution in [1.29, 1.82) is 0 Å². The zero-order valence-electron chi connectivity index (χ0n) is 6.85. The topological polar surface area (TPSA) is 63.9 Å². The second-order valence-electron chi connectivity index (χ2n) is 2.35. The maximum atomic E-state index is 5.39. The summed E-state index contributed by atoms with van der Waals surface area (Å²) in [6, 6.07) is 0. The fourth-order valence-corrected chi connectivity index (χ4v) is 1.00. The molecule has 0 aliphatic rings. The number of nitrogens with zero attached hydrogens (tertiary/aromatic N) is 1. The molecule has 62 valence electrons. The highest BCUT2D eigenvalue weighted by Crippen LogP contribution is 2.13. The number of nitrogens with one attached hydrogen (secondary N) is 1. The molecule has 1 heterocycles. The van der Waals surface area contributed by atoms with Crippen LogP contribution >= 0.6 is 0 Å². The molecular weight excluding hydrogens is 142 g/mol. The van der Waals surface area contributed by atoms with Crippen molar-refractivity contribution in [1.82, 2.24) is 9.97 Å². The number of methoxy groups -OCH3 is 1. The van der Waals surface area contributed by atoms with Crippen LogP contribution in [0.3, 0.4) is 0 Å². The van der Waals surface area contributed by atoms with Crippen molar-refractivity contribution in [3.8, 4) is 5.88 Å². The van der Waals surface area contributed by atoms with Crippen LogP contribution in [-0.4, -0.2) is 23.6 Å². The number of ether oxygens (including phenoxy) is 1. The predicted molar refractivity (Wildman–Crippen MR) is 42.6 cm³/mol. The van der Waals surface area contributed by atoms with E-state index in [1.165, 1.54) is 0 Å². The molecule has 0 amide bonds. The van der Waals surface area contributed by atoms with Gasteiger partial charge in [-0.15, -0.1) is 0 Å². The number of rotatable bonds is 3. The summed E-state index contributed by atoms with van der Waals surface area (Å²) in [7, 11) is 1.61. The average molecular weight is 155 g/mol. The number of aromatic nitrogens is 2. The van der Waals surface area contributed by atoms with Gasteiger partial charge in [0.1, 0.15) is 5.82 Å². The minimum atomic E-state index is 0.609. The van der Waals surface area contributed by atoms with Crippen LogP contribution in [0.4, 0.5) is 0 Å². The van der Waals surface area contributed by atoms with Crippen LogP contribution in [0.25, 0.3) is 0 Å². The van der Waals surface area contributed by atoms with Crippen LogP contribution < -0.4 is 10.5 Å². The number of aryl methyl sites for hydroxylation is 1. The van der Waals surface area contributed by atoms with Gasteiger partial charge in [-0.1, -0.05) is 0 Å². The second kappa shape index (κ2) is 3.39. The summed E-state index contributed by atoms with van der Waals surface area (Å²) < 4.78 is 5.02. The maximum Gasteiger partial charge on any atom is 0.234 e. The smallest absolute Gasteiger partial charge is 0.234 e. The van der Waals surface area contributed by atoms with Crippen LogP contribution in [0.15, 0.2) is 0 Å². The van der Waals surface area contributed by atoms with Crippen molar-refractivity contribution < 1.29 is 4.74 Å². The lowest BCUT2D eigenvalue weighted by atomic mass is 10.3. The number of nitrogens with two attached hydrogens (primary N) is 1. The number of aromatic amines is 1. The molecule has 0 aliphatic heterocycles.